The first-order valence-electron chi connectivity index (χ1n) is 5.23. The minimum absolute atomic E-state index is 0.541. The lowest BCUT2D eigenvalue weighted by Crippen LogP contribution is -1.89. The molecule has 3 aromatic rings. The van der Waals surface area contributed by atoms with Crippen LogP contribution in [-0.2, 0) is 0 Å². The smallest absolute Gasteiger partial charge is 0.240 e. The minimum atomic E-state index is 0.541. The highest BCUT2D eigenvalue weighted by atomic mass is 32.1. The predicted octanol–water partition coefficient (Wildman–Crippen LogP) is 3.36. The Hall–Kier alpha value is -2.45. The lowest BCUT2D eigenvalue weighted by Gasteiger charge is -2.04. The lowest BCUT2D eigenvalue weighted by atomic mass is 10.2. The second-order valence-corrected chi connectivity index (χ2v) is 4.47. The SMILES string of the molecule is N#Cc1ccc(Oc2ncnc3ccsc23)cc1. The van der Waals surface area contributed by atoms with Crippen LogP contribution in [0.15, 0.2) is 42.0 Å². The van der Waals surface area contributed by atoms with E-state index in [9.17, 15) is 0 Å². The number of fused-ring (bicyclic) bond motifs is 1. The molecule has 5 heteroatoms. The molecule has 2 heterocycles. The fourth-order valence-corrected chi connectivity index (χ4v) is 2.32. The summed E-state index contributed by atoms with van der Waals surface area (Å²) in [5.74, 6) is 1.20. The van der Waals surface area contributed by atoms with Crippen molar-refractivity contribution in [1.82, 2.24) is 9.97 Å². The maximum Gasteiger partial charge on any atom is 0.240 e. The van der Waals surface area contributed by atoms with Crippen molar-refractivity contribution in [2.75, 3.05) is 0 Å². The van der Waals surface area contributed by atoms with E-state index in [2.05, 4.69) is 16.0 Å². The van der Waals surface area contributed by atoms with Gasteiger partial charge in [-0.05, 0) is 35.7 Å². The summed E-state index contributed by atoms with van der Waals surface area (Å²) in [6.45, 7) is 0. The van der Waals surface area contributed by atoms with Gasteiger partial charge in [-0.3, -0.25) is 0 Å². The molecule has 3 rings (SSSR count). The highest BCUT2D eigenvalue weighted by Gasteiger charge is 2.07. The summed E-state index contributed by atoms with van der Waals surface area (Å²) >= 11 is 1.54. The third kappa shape index (κ3) is 1.90. The maximum atomic E-state index is 8.72. The molecule has 0 saturated heterocycles. The molecule has 18 heavy (non-hydrogen) atoms. The molecule has 4 nitrogen and oxygen atoms in total. The van der Waals surface area contributed by atoms with Crippen LogP contribution in [0.1, 0.15) is 5.56 Å². The fraction of sp³-hybridized carbons (Fsp3) is 0. The molecule has 0 amide bonds. The molecule has 86 valence electrons. The summed E-state index contributed by atoms with van der Waals surface area (Å²) in [5.41, 5.74) is 1.48. The molecule has 0 atom stereocenters. The highest BCUT2D eigenvalue weighted by Crippen LogP contribution is 2.30. The molecule has 2 aromatic heterocycles. The maximum absolute atomic E-state index is 8.72. The Kier molecular flexibility index (Phi) is 2.63. The Balaban J connectivity index is 1.96. The van der Waals surface area contributed by atoms with Crippen LogP contribution in [0.5, 0.6) is 11.6 Å². The molecule has 1 aromatic carbocycles. The van der Waals surface area contributed by atoms with Crippen LogP contribution in [0, 0.1) is 11.3 Å². The van der Waals surface area contributed by atoms with E-state index in [1.807, 2.05) is 11.4 Å². The van der Waals surface area contributed by atoms with Gasteiger partial charge < -0.3 is 4.74 Å². The second-order valence-electron chi connectivity index (χ2n) is 3.55. The number of ether oxygens (including phenoxy) is 1. The molecule has 0 saturated carbocycles. The summed E-state index contributed by atoms with van der Waals surface area (Å²) in [6.07, 6.45) is 1.48. The standard InChI is InChI=1S/C13H7N3OS/c14-7-9-1-3-10(4-2-9)17-13-12-11(5-6-18-12)15-8-16-13/h1-6,8H. The first-order chi connectivity index (χ1) is 8.86. The molecule has 0 aliphatic carbocycles. The van der Waals surface area contributed by atoms with Crippen molar-refractivity contribution in [1.29, 1.82) is 5.26 Å². The number of hydrogen-bond donors (Lipinski definition) is 0. The van der Waals surface area contributed by atoms with E-state index in [0.29, 0.717) is 17.2 Å². The van der Waals surface area contributed by atoms with Crippen molar-refractivity contribution in [3.63, 3.8) is 0 Å². The van der Waals surface area contributed by atoms with Gasteiger partial charge in [0.05, 0.1) is 17.1 Å². The molecule has 0 radical (unpaired) electrons. The Labute approximate surface area is 107 Å². The van der Waals surface area contributed by atoms with Gasteiger partial charge in [-0.25, -0.2) is 9.97 Å². The van der Waals surface area contributed by atoms with Crippen molar-refractivity contribution in [3.8, 4) is 17.7 Å². The number of hydrogen-bond acceptors (Lipinski definition) is 5. The van der Waals surface area contributed by atoms with E-state index in [-0.39, 0.29) is 0 Å². The minimum Gasteiger partial charge on any atom is -0.437 e. The topological polar surface area (TPSA) is 58.8 Å². The molecule has 0 bridgehead atoms. The number of aromatic nitrogens is 2. The molecule has 0 unspecified atom stereocenters. The third-order valence-electron chi connectivity index (χ3n) is 2.41. The van der Waals surface area contributed by atoms with Gasteiger partial charge >= 0.3 is 0 Å². The Morgan fingerprint density at radius 3 is 2.72 bits per heavy atom. The Morgan fingerprint density at radius 1 is 1.11 bits per heavy atom. The van der Waals surface area contributed by atoms with E-state index in [1.54, 1.807) is 24.3 Å². The number of nitrogens with zero attached hydrogens (tertiary/aromatic N) is 3. The lowest BCUT2D eigenvalue weighted by molar-refractivity contribution is 0.469. The Morgan fingerprint density at radius 2 is 1.94 bits per heavy atom. The zero-order valence-corrected chi connectivity index (χ0v) is 10.0. The van der Waals surface area contributed by atoms with Gasteiger partial charge in [-0.2, -0.15) is 5.26 Å². The van der Waals surface area contributed by atoms with E-state index >= 15 is 0 Å². The van der Waals surface area contributed by atoms with Gasteiger partial charge in [0.1, 0.15) is 16.8 Å². The zero-order chi connectivity index (χ0) is 12.4. The number of nitriles is 1. The Bertz CT molecular complexity index is 728. The quantitative estimate of drug-likeness (QED) is 0.702. The van der Waals surface area contributed by atoms with Gasteiger partial charge in [-0.1, -0.05) is 0 Å². The van der Waals surface area contributed by atoms with E-state index in [0.717, 1.165) is 10.2 Å². The van der Waals surface area contributed by atoms with Crippen LogP contribution in [0.4, 0.5) is 0 Å². The van der Waals surface area contributed by atoms with Crippen molar-refractivity contribution in [2.45, 2.75) is 0 Å². The molecule has 0 fully saturated rings. The predicted molar refractivity (Wildman–Crippen MR) is 68.6 cm³/mol. The average molecular weight is 253 g/mol. The van der Waals surface area contributed by atoms with Gasteiger partial charge in [0.2, 0.25) is 5.88 Å². The summed E-state index contributed by atoms with van der Waals surface area (Å²) in [4.78, 5) is 8.28. The van der Waals surface area contributed by atoms with Crippen molar-refractivity contribution in [2.24, 2.45) is 0 Å². The molecule has 0 N–H and O–H groups in total. The van der Waals surface area contributed by atoms with Crippen molar-refractivity contribution >= 4 is 21.6 Å². The average Bonchev–Trinajstić information content (AvgIpc) is 2.89. The highest BCUT2D eigenvalue weighted by molar-refractivity contribution is 7.17. The van der Waals surface area contributed by atoms with Crippen LogP contribution in [-0.4, -0.2) is 9.97 Å². The molecular formula is C13H7N3OS. The van der Waals surface area contributed by atoms with Gasteiger partial charge in [0.25, 0.3) is 0 Å². The summed E-state index contributed by atoms with van der Waals surface area (Å²) < 4.78 is 6.62. The fourth-order valence-electron chi connectivity index (χ4n) is 1.55. The number of thiophene rings is 1. The normalized spacial score (nSPS) is 10.2. The summed E-state index contributed by atoms with van der Waals surface area (Å²) in [6, 6.07) is 10.9. The van der Waals surface area contributed by atoms with Crippen molar-refractivity contribution in [3.05, 3.63) is 47.6 Å². The van der Waals surface area contributed by atoms with E-state index in [4.69, 9.17) is 10.00 Å². The number of benzene rings is 1. The number of rotatable bonds is 2. The van der Waals surface area contributed by atoms with E-state index < -0.39 is 0 Å². The summed E-state index contributed by atoms with van der Waals surface area (Å²) in [5, 5.41) is 10.7. The van der Waals surface area contributed by atoms with Gasteiger partial charge in [-0.15, -0.1) is 11.3 Å². The van der Waals surface area contributed by atoms with Crippen LogP contribution >= 0.6 is 11.3 Å². The van der Waals surface area contributed by atoms with Crippen LogP contribution in [0.25, 0.3) is 10.2 Å². The van der Waals surface area contributed by atoms with Crippen LogP contribution < -0.4 is 4.74 Å². The molecule has 0 aliphatic heterocycles. The zero-order valence-electron chi connectivity index (χ0n) is 9.20. The first kappa shape index (κ1) is 10.7. The molecule has 0 spiro atoms. The van der Waals surface area contributed by atoms with Gasteiger partial charge in [0.15, 0.2) is 0 Å². The van der Waals surface area contributed by atoms with Crippen LogP contribution in [0.3, 0.4) is 0 Å². The first-order valence-corrected chi connectivity index (χ1v) is 6.11. The molecular weight excluding hydrogens is 246 g/mol. The van der Waals surface area contributed by atoms with Crippen LogP contribution in [0.2, 0.25) is 0 Å². The third-order valence-corrected chi connectivity index (χ3v) is 3.30. The monoisotopic (exact) mass is 253 g/mol. The second kappa shape index (κ2) is 4.43. The van der Waals surface area contributed by atoms with Crippen molar-refractivity contribution < 1.29 is 4.74 Å². The largest absolute Gasteiger partial charge is 0.437 e. The van der Waals surface area contributed by atoms with E-state index in [1.165, 1.54) is 17.7 Å². The molecule has 0 aliphatic rings. The van der Waals surface area contributed by atoms with Gasteiger partial charge in [0, 0.05) is 0 Å². The summed E-state index contributed by atoms with van der Waals surface area (Å²) in [7, 11) is 0.